The third kappa shape index (κ3) is 2.53. The molecule has 1 aromatic carbocycles. The van der Waals surface area contributed by atoms with Crippen LogP contribution >= 0.6 is 0 Å². The number of hydrogen-bond acceptors (Lipinski definition) is 4. The summed E-state index contributed by atoms with van der Waals surface area (Å²) >= 11 is 0. The Balaban J connectivity index is 2.35. The highest BCUT2D eigenvalue weighted by Crippen LogP contribution is 2.20. The van der Waals surface area contributed by atoms with Gasteiger partial charge in [-0.25, -0.2) is 9.97 Å². The highest BCUT2D eigenvalue weighted by atomic mass is 15.0. The van der Waals surface area contributed by atoms with E-state index < -0.39 is 0 Å². The van der Waals surface area contributed by atoms with Crippen LogP contribution in [0, 0.1) is 5.92 Å². The van der Waals surface area contributed by atoms with Crippen molar-refractivity contribution in [2.24, 2.45) is 11.7 Å². The number of fused-ring (bicyclic) bond motifs is 1. The summed E-state index contributed by atoms with van der Waals surface area (Å²) in [4.78, 5) is 8.54. The van der Waals surface area contributed by atoms with Gasteiger partial charge in [0.2, 0.25) is 0 Å². The number of nitrogens with two attached hydrogens (primary N) is 1. The molecule has 0 saturated carbocycles. The van der Waals surface area contributed by atoms with Crippen molar-refractivity contribution in [1.29, 1.82) is 0 Å². The van der Waals surface area contributed by atoms with Crippen molar-refractivity contribution in [3.8, 4) is 0 Å². The summed E-state index contributed by atoms with van der Waals surface area (Å²) in [5, 5.41) is 4.43. The maximum atomic E-state index is 5.76. The summed E-state index contributed by atoms with van der Waals surface area (Å²) in [7, 11) is 0. The number of benzene rings is 1. The molecule has 4 nitrogen and oxygen atoms in total. The molecular weight excluding hydrogens is 212 g/mol. The molecule has 0 amide bonds. The van der Waals surface area contributed by atoms with Gasteiger partial charge in [-0.1, -0.05) is 26.0 Å². The summed E-state index contributed by atoms with van der Waals surface area (Å²) in [5.41, 5.74) is 6.71. The van der Waals surface area contributed by atoms with Crippen molar-refractivity contribution >= 4 is 16.7 Å². The molecule has 0 bridgehead atoms. The van der Waals surface area contributed by atoms with Crippen LogP contribution in [0.15, 0.2) is 30.6 Å². The lowest BCUT2D eigenvalue weighted by Gasteiger charge is -2.21. The molecule has 4 heteroatoms. The molecule has 1 heterocycles. The van der Waals surface area contributed by atoms with Crippen molar-refractivity contribution in [2.45, 2.75) is 19.9 Å². The van der Waals surface area contributed by atoms with Gasteiger partial charge >= 0.3 is 0 Å². The third-order valence-corrected chi connectivity index (χ3v) is 2.92. The molecule has 90 valence electrons. The average molecular weight is 230 g/mol. The van der Waals surface area contributed by atoms with E-state index in [2.05, 4.69) is 29.1 Å². The fraction of sp³-hybridized carbons (Fsp3) is 0.385. The zero-order valence-corrected chi connectivity index (χ0v) is 10.2. The fourth-order valence-electron chi connectivity index (χ4n) is 1.79. The van der Waals surface area contributed by atoms with E-state index in [-0.39, 0.29) is 6.04 Å². The first-order valence-electron chi connectivity index (χ1n) is 5.88. The topological polar surface area (TPSA) is 63.8 Å². The first kappa shape index (κ1) is 11.8. The Morgan fingerprint density at radius 2 is 2.00 bits per heavy atom. The Morgan fingerprint density at radius 3 is 2.71 bits per heavy atom. The number of anilines is 1. The van der Waals surface area contributed by atoms with Crippen LogP contribution in [-0.2, 0) is 0 Å². The van der Waals surface area contributed by atoms with E-state index in [4.69, 9.17) is 5.73 Å². The molecule has 0 fully saturated rings. The maximum absolute atomic E-state index is 5.76. The molecule has 1 atom stereocenters. The van der Waals surface area contributed by atoms with E-state index in [1.54, 1.807) is 6.33 Å². The van der Waals surface area contributed by atoms with Crippen LogP contribution in [0.25, 0.3) is 10.9 Å². The van der Waals surface area contributed by atoms with Crippen LogP contribution in [0.3, 0.4) is 0 Å². The molecule has 2 aromatic rings. The Morgan fingerprint density at radius 1 is 1.24 bits per heavy atom. The van der Waals surface area contributed by atoms with Gasteiger partial charge in [0.1, 0.15) is 12.1 Å². The smallest absolute Gasteiger partial charge is 0.137 e. The molecule has 1 unspecified atom stereocenters. The van der Waals surface area contributed by atoms with Gasteiger partial charge in [-0.3, -0.25) is 0 Å². The highest BCUT2D eigenvalue weighted by molar-refractivity contribution is 5.88. The average Bonchev–Trinajstić information content (AvgIpc) is 2.35. The molecule has 17 heavy (non-hydrogen) atoms. The van der Waals surface area contributed by atoms with E-state index >= 15 is 0 Å². The van der Waals surface area contributed by atoms with E-state index in [0.29, 0.717) is 12.5 Å². The van der Waals surface area contributed by atoms with E-state index in [1.807, 2.05) is 24.3 Å². The van der Waals surface area contributed by atoms with E-state index in [1.165, 1.54) is 0 Å². The minimum Gasteiger partial charge on any atom is -0.365 e. The lowest BCUT2D eigenvalue weighted by molar-refractivity contribution is 0.530. The molecular formula is C13H18N4. The monoisotopic (exact) mass is 230 g/mol. The standard InChI is InChI=1S/C13H18N4/c1-9(2)12(7-14)17-13-10-5-3-4-6-11(10)15-8-16-13/h3-6,8-9,12H,7,14H2,1-2H3,(H,15,16,17). The van der Waals surface area contributed by atoms with Crippen molar-refractivity contribution in [1.82, 2.24) is 9.97 Å². The summed E-state index contributed by atoms with van der Waals surface area (Å²) in [5.74, 6) is 1.33. The van der Waals surface area contributed by atoms with Crippen LogP contribution in [0.2, 0.25) is 0 Å². The number of nitrogens with one attached hydrogen (secondary N) is 1. The van der Waals surface area contributed by atoms with Gasteiger partial charge in [-0.2, -0.15) is 0 Å². The maximum Gasteiger partial charge on any atom is 0.137 e. The molecule has 0 aliphatic heterocycles. The van der Waals surface area contributed by atoms with Crippen LogP contribution < -0.4 is 11.1 Å². The minimum atomic E-state index is 0.230. The second-order valence-electron chi connectivity index (χ2n) is 4.47. The number of nitrogens with zero attached hydrogens (tertiary/aromatic N) is 2. The van der Waals surface area contributed by atoms with Gasteiger partial charge in [0.25, 0.3) is 0 Å². The number of aromatic nitrogens is 2. The van der Waals surface area contributed by atoms with E-state index in [0.717, 1.165) is 16.7 Å². The second-order valence-corrected chi connectivity index (χ2v) is 4.47. The van der Waals surface area contributed by atoms with Crippen LogP contribution in [0.1, 0.15) is 13.8 Å². The predicted octanol–water partition coefficient (Wildman–Crippen LogP) is 2.02. The van der Waals surface area contributed by atoms with Crippen molar-refractivity contribution in [2.75, 3.05) is 11.9 Å². The minimum absolute atomic E-state index is 0.230. The first-order valence-corrected chi connectivity index (χ1v) is 5.88. The van der Waals surface area contributed by atoms with Gasteiger partial charge in [0.15, 0.2) is 0 Å². The second kappa shape index (κ2) is 5.10. The molecule has 1 aromatic heterocycles. The van der Waals surface area contributed by atoms with Gasteiger partial charge in [-0.15, -0.1) is 0 Å². The summed E-state index contributed by atoms with van der Waals surface area (Å²) in [6, 6.07) is 8.19. The molecule has 0 aliphatic carbocycles. The predicted molar refractivity (Wildman–Crippen MR) is 70.8 cm³/mol. The third-order valence-electron chi connectivity index (χ3n) is 2.92. The van der Waals surface area contributed by atoms with Crippen molar-refractivity contribution in [3.63, 3.8) is 0 Å². The van der Waals surface area contributed by atoms with Crippen molar-refractivity contribution < 1.29 is 0 Å². The zero-order chi connectivity index (χ0) is 12.3. The molecule has 0 saturated heterocycles. The normalized spacial score (nSPS) is 12.9. The zero-order valence-electron chi connectivity index (χ0n) is 10.2. The van der Waals surface area contributed by atoms with Crippen LogP contribution in [0.5, 0.6) is 0 Å². The number of hydrogen-bond donors (Lipinski definition) is 2. The lowest BCUT2D eigenvalue weighted by atomic mass is 10.0. The van der Waals surface area contributed by atoms with Gasteiger partial charge in [-0.05, 0) is 18.1 Å². The largest absolute Gasteiger partial charge is 0.365 e. The van der Waals surface area contributed by atoms with Crippen LogP contribution in [0.4, 0.5) is 5.82 Å². The quantitative estimate of drug-likeness (QED) is 0.843. The number of para-hydroxylation sites is 1. The SMILES string of the molecule is CC(C)C(CN)Nc1ncnc2ccccc12. The highest BCUT2D eigenvalue weighted by Gasteiger charge is 2.13. The molecule has 0 radical (unpaired) electrons. The van der Waals surface area contributed by atoms with Gasteiger partial charge in [0, 0.05) is 18.0 Å². The lowest BCUT2D eigenvalue weighted by Crippen LogP contribution is -2.34. The number of rotatable bonds is 4. The molecule has 2 rings (SSSR count). The Hall–Kier alpha value is -1.68. The van der Waals surface area contributed by atoms with Gasteiger partial charge in [0.05, 0.1) is 5.52 Å². The molecule has 0 aliphatic rings. The summed E-state index contributed by atoms with van der Waals surface area (Å²) in [6.07, 6.45) is 1.58. The Labute approximate surface area is 101 Å². The Kier molecular flexibility index (Phi) is 3.54. The Bertz CT molecular complexity index is 490. The van der Waals surface area contributed by atoms with E-state index in [9.17, 15) is 0 Å². The summed E-state index contributed by atoms with van der Waals surface area (Å²) < 4.78 is 0. The first-order chi connectivity index (χ1) is 8.22. The molecule has 3 N–H and O–H groups in total. The van der Waals surface area contributed by atoms with Gasteiger partial charge < -0.3 is 11.1 Å². The summed E-state index contributed by atoms with van der Waals surface area (Å²) in [6.45, 7) is 4.89. The molecule has 0 spiro atoms. The van der Waals surface area contributed by atoms with Crippen LogP contribution in [-0.4, -0.2) is 22.6 Å². The fourth-order valence-corrected chi connectivity index (χ4v) is 1.79. The van der Waals surface area contributed by atoms with Crippen molar-refractivity contribution in [3.05, 3.63) is 30.6 Å².